The van der Waals surface area contributed by atoms with Crippen LogP contribution in [0.4, 0.5) is 24.0 Å². The van der Waals surface area contributed by atoms with Crippen LogP contribution < -0.4 is 32.0 Å². The van der Waals surface area contributed by atoms with Crippen LogP contribution in [0.5, 0.6) is 5.75 Å². The number of rotatable bonds is 10. The number of aliphatic imine (C=N–C) groups is 1. The molecule has 1 aromatic carbocycles. The lowest BCUT2D eigenvalue weighted by atomic mass is 10.1. The van der Waals surface area contributed by atoms with Crippen molar-refractivity contribution in [2.45, 2.75) is 31.9 Å². The lowest BCUT2D eigenvalue weighted by Gasteiger charge is -2.11. The van der Waals surface area contributed by atoms with Gasteiger partial charge in [0.2, 0.25) is 0 Å². The van der Waals surface area contributed by atoms with Crippen molar-refractivity contribution in [1.82, 2.24) is 4.98 Å². The SMILES string of the molecule is COc1c(NCCCCCc2csc(NC(N)=NCC(F)(F)F)n2)c(=O)c1=O. The Morgan fingerprint density at radius 1 is 1.29 bits per heavy atom. The molecule has 1 aromatic heterocycles. The predicted octanol–water partition coefficient (Wildman–Crippen LogP) is 1.86. The van der Waals surface area contributed by atoms with E-state index in [4.69, 9.17) is 10.5 Å². The van der Waals surface area contributed by atoms with Gasteiger partial charge in [0.25, 0.3) is 10.9 Å². The van der Waals surface area contributed by atoms with E-state index in [0.717, 1.165) is 25.0 Å². The molecular formula is C16H20F3N5O3S. The zero-order valence-corrected chi connectivity index (χ0v) is 15.9. The number of anilines is 2. The molecule has 0 unspecified atom stereocenters. The Morgan fingerprint density at radius 2 is 2.04 bits per heavy atom. The van der Waals surface area contributed by atoms with Crippen LogP contribution in [-0.4, -0.2) is 37.3 Å². The molecule has 0 aliphatic rings. The van der Waals surface area contributed by atoms with Crippen molar-refractivity contribution in [3.8, 4) is 5.75 Å². The fourth-order valence-corrected chi connectivity index (χ4v) is 3.10. The van der Waals surface area contributed by atoms with Gasteiger partial charge in [-0.05, 0) is 19.3 Å². The van der Waals surface area contributed by atoms with E-state index in [-0.39, 0.29) is 17.4 Å². The summed E-state index contributed by atoms with van der Waals surface area (Å²) < 4.78 is 41.1. The molecule has 12 heteroatoms. The maximum absolute atomic E-state index is 12.1. The van der Waals surface area contributed by atoms with Crippen molar-refractivity contribution in [3.05, 3.63) is 31.5 Å². The van der Waals surface area contributed by atoms with Gasteiger partial charge in [0.15, 0.2) is 16.8 Å². The van der Waals surface area contributed by atoms with Crippen molar-refractivity contribution in [2.24, 2.45) is 10.7 Å². The van der Waals surface area contributed by atoms with E-state index in [1.807, 2.05) is 0 Å². The van der Waals surface area contributed by atoms with Gasteiger partial charge in [-0.2, -0.15) is 13.2 Å². The first-order valence-corrected chi connectivity index (χ1v) is 9.28. The lowest BCUT2D eigenvalue weighted by molar-refractivity contribution is -0.118. The predicted molar refractivity (Wildman–Crippen MR) is 102 cm³/mol. The van der Waals surface area contributed by atoms with Crippen LogP contribution in [0.25, 0.3) is 0 Å². The van der Waals surface area contributed by atoms with Gasteiger partial charge < -0.3 is 21.1 Å². The molecule has 154 valence electrons. The number of halogens is 3. The lowest BCUT2D eigenvalue weighted by Crippen LogP contribution is -2.35. The third-order valence-electron chi connectivity index (χ3n) is 3.70. The van der Waals surface area contributed by atoms with Gasteiger partial charge >= 0.3 is 6.18 Å². The van der Waals surface area contributed by atoms with Gasteiger partial charge in [-0.15, -0.1) is 11.3 Å². The fourth-order valence-electron chi connectivity index (χ4n) is 2.35. The molecule has 2 rings (SSSR count). The van der Waals surface area contributed by atoms with Crippen molar-refractivity contribution >= 4 is 28.1 Å². The average molecular weight is 419 g/mol. The second kappa shape index (κ2) is 9.53. The maximum atomic E-state index is 12.1. The number of hydrogen-bond donors (Lipinski definition) is 3. The van der Waals surface area contributed by atoms with Gasteiger partial charge in [0, 0.05) is 11.9 Å². The first-order chi connectivity index (χ1) is 13.2. The van der Waals surface area contributed by atoms with Crippen LogP contribution in [0.15, 0.2) is 20.0 Å². The minimum Gasteiger partial charge on any atom is -0.491 e. The smallest absolute Gasteiger partial charge is 0.408 e. The topological polar surface area (TPSA) is 119 Å². The highest BCUT2D eigenvalue weighted by molar-refractivity contribution is 7.13. The molecule has 2 aromatic rings. The van der Waals surface area contributed by atoms with Crippen molar-refractivity contribution in [3.63, 3.8) is 0 Å². The number of hydrogen-bond acceptors (Lipinski definition) is 7. The molecule has 0 amide bonds. The summed E-state index contributed by atoms with van der Waals surface area (Å²) in [5.74, 6) is -0.261. The van der Waals surface area contributed by atoms with Crippen molar-refractivity contribution in [2.75, 3.05) is 30.8 Å². The van der Waals surface area contributed by atoms with Crippen LogP contribution in [0.3, 0.4) is 0 Å². The second-order valence-corrected chi connectivity index (χ2v) is 6.75. The van der Waals surface area contributed by atoms with Gasteiger partial charge in [-0.25, -0.2) is 9.98 Å². The highest BCUT2D eigenvalue weighted by Gasteiger charge is 2.26. The molecule has 0 atom stereocenters. The first-order valence-electron chi connectivity index (χ1n) is 8.40. The number of unbranched alkanes of at least 4 members (excludes halogenated alkanes) is 2. The Kier molecular flexibility index (Phi) is 7.38. The third kappa shape index (κ3) is 6.22. The van der Waals surface area contributed by atoms with E-state index in [2.05, 4.69) is 20.6 Å². The third-order valence-corrected chi connectivity index (χ3v) is 4.50. The van der Waals surface area contributed by atoms with Crippen LogP contribution in [0.2, 0.25) is 0 Å². The van der Waals surface area contributed by atoms with E-state index in [1.165, 1.54) is 18.4 Å². The molecule has 0 saturated heterocycles. The summed E-state index contributed by atoms with van der Waals surface area (Å²) in [7, 11) is 1.34. The van der Waals surface area contributed by atoms with E-state index in [9.17, 15) is 22.8 Å². The Balaban J connectivity index is 1.66. The summed E-state index contributed by atoms with van der Waals surface area (Å²) in [6.07, 6.45) is -1.22. The quantitative estimate of drug-likeness (QED) is 0.233. The fraction of sp³-hybridized carbons (Fsp3) is 0.500. The molecule has 0 aliphatic heterocycles. The Bertz CT molecular complexity index is 887. The number of guanidine groups is 1. The monoisotopic (exact) mass is 419 g/mol. The van der Waals surface area contributed by atoms with Gasteiger partial charge in [0.05, 0.1) is 12.8 Å². The summed E-state index contributed by atoms with van der Waals surface area (Å²) in [4.78, 5) is 30.0. The molecule has 0 radical (unpaired) electrons. The van der Waals surface area contributed by atoms with E-state index >= 15 is 0 Å². The summed E-state index contributed by atoms with van der Waals surface area (Å²) in [6, 6.07) is 0. The van der Waals surface area contributed by atoms with Crippen molar-refractivity contribution in [1.29, 1.82) is 0 Å². The van der Waals surface area contributed by atoms with Crippen LogP contribution >= 0.6 is 11.3 Å². The van der Waals surface area contributed by atoms with Crippen molar-refractivity contribution < 1.29 is 17.9 Å². The van der Waals surface area contributed by atoms with Crippen LogP contribution in [0.1, 0.15) is 25.0 Å². The van der Waals surface area contributed by atoms with E-state index < -0.39 is 23.6 Å². The molecule has 0 saturated carbocycles. The Hall–Kier alpha value is -2.63. The molecular weight excluding hydrogens is 399 g/mol. The van der Waals surface area contributed by atoms with Gasteiger partial charge in [-0.1, -0.05) is 6.42 Å². The molecule has 0 spiro atoms. The zero-order valence-electron chi connectivity index (χ0n) is 15.1. The largest absolute Gasteiger partial charge is 0.491 e. The minimum absolute atomic E-state index is 0.0746. The number of nitrogens with two attached hydrogens (primary N) is 1. The summed E-state index contributed by atoms with van der Waals surface area (Å²) in [5.41, 5.74) is 5.26. The number of alkyl halides is 3. The molecule has 0 fully saturated rings. The molecule has 4 N–H and O–H groups in total. The van der Waals surface area contributed by atoms with Crippen LogP contribution in [-0.2, 0) is 6.42 Å². The average Bonchev–Trinajstić information content (AvgIpc) is 3.07. The van der Waals surface area contributed by atoms with Gasteiger partial charge in [-0.3, -0.25) is 9.59 Å². The number of aryl methyl sites for hydroxylation is 1. The number of nitrogens with zero attached hydrogens (tertiary/aromatic N) is 2. The number of methoxy groups -OCH3 is 1. The number of nitrogens with one attached hydrogen (secondary N) is 2. The zero-order chi connectivity index (χ0) is 20.7. The molecule has 28 heavy (non-hydrogen) atoms. The second-order valence-electron chi connectivity index (χ2n) is 5.89. The maximum Gasteiger partial charge on any atom is 0.408 e. The van der Waals surface area contributed by atoms with Gasteiger partial charge in [0.1, 0.15) is 12.2 Å². The Labute approximate surface area is 162 Å². The number of ether oxygens (including phenoxy) is 1. The van der Waals surface area contributed by atoms with E-state index in [1.54, 1.807) is 5.38 Å². The first kappa shape index (κ1) is 21.7. The van der Waals surface area contributed by atoms with Crippen LogP contribution in [0, 0.1) is 0 Å². The highest BCUT2D eigenvalue weighted by atomic mass is 32.1. The molecule has 1 heterocycles. The summed E-state index contributed by atoms with van der Waals surface area (Å²) in [6.45, 7) is -0.808. The normalized spacial score (nSPS) is 12.4. The molecule has 8 nitrogen and oxygen atoms in total. The number of aromatic nitrogens is 1. The molecule has 0 bridgehead atoms. The standard InChI is InChI=1S/C16H20F3N5O3S/c1-27-13-10(11(25)12(13)26)21-6-4-2-3-5-9-7-28-15(23-9)24-14(20)22-8-16(17,18)19/h7,21H,2-6,8H2,1H3,(H3,20,22,23,24). The van der Waals surface area contributed by atoms with E-state index in [0.29, 0.717) is 18.1 Å². The number of thiazole rings is 1. The minimum atomic E-state index is -4.40. The Morgan fingerprint density at radius 3 is 2.71 bits per heavy atom. The highest BCUT2D eigenvalue weighted by Crippen LogP contribution is 2.19. The summed E-state index contributed by atoms with van der Waals surface area (Å²) in [5, 5.41) is 7.62. The molecule has 0 aliphatic carbocycles. The summed E-state index contributed by atoms with van der Waals surface area (Å²) >= 11 is 1.23.